The molecule has 24 heavy (non-hydrogen) atoms. The first-order chi connectivity index (χ1) is 11.6. The molecule has 122 valence electrons. The standard InChI is InChI=1S/C18H15ClN2O3/c1-10-20-15-8-14(3-5-17(15)24-10)21-18(22)12-6-11-7-13(19)2-4-16(11)23-9-12/h2-5,7-8,12H,6,9H2,1H3,(H,21,22). The molecule has 0 bridgehead atoms. The van der Waals surface area contributed by atoms with Crippen molar-refractivity contribution in [2.24, 2.45) is 5.92 Å². The van der Waals surface area contributed by atoms with E-state index < -0.39 is 0 Å². The Morgan fingerprint density at radius 1 is 1.29 bits per heavy atom. The van der Waals surface area contributed by atoms with Crippen molar-refractivity contribution < 1.29 is 13.9 Å². The molecule has 1 aromatic heterocycles. The van der Waals surface area contributed by atoms with Crippen LogP contribution in [0.25, 0.3) is 11.1 Å². The smallest absolute Gasteiger partial charge is 0.231 e. The van der Waals surface area contributed by atoms with E-state index in [-0.39, 0.29) is 11.8 Å². The Hall–Kier alpha value is -2.53. The number of carbonyl (C=O) groups is 1. The fourth-order valence-electron chi connectivity index (χ4n) is 2.90. The molecule has 1 aliphatic rings. The summed E-state index contributed by atoms with van der Waals surface area (Å²) in [7, 11) is 0. The van der Waals surface area contributed by atoms with Gasteiger partial charge in [-0.3, -0.25) is 4.79 Å². The molecule has 0 saturated carbocycles. The lowest BCUT2D eigenvalue weighted by Crippen LogP contribution is -2.32. The van der Waals surface area contributed by atoms with E-state index in [1.54, 1.807) is 31.2 Å². The van der Waals surface area contributed by atoms with E-state index in [0.29, 0.717) is 35.2 Å². The van der Waals surface area contributed by atoms with Crippen LogP contribution in [0.3, 0.4) is 0 Å². The van der Waals surface area contributed by atoms with Crippen molar-refractivity contribution in [1.82, 2.24) is 4.98 Å². The van der Waals surface area contributed by atoms with Gasteiger partial charge in [0.2, 0.25) is 5.91 Å². The van der Waals surface area contributed by atoms with Crippen LogP contribution in [0.5, 0.6) is 5.75 Å². The van der Waals surface area contributed by atoms with Crippen LogP contribution in [0, 0.1) is 12.8 Å². The lowest BCUT2D eigenvalue weighted by molar-refractivity contribution is -0.121. The number of aromatic nitrogens is 1. The zero-order valence-electron chi connectivity index (χ0n) is 13.0. The Labute approximate surface area is 143 Å². The number of nitrogens with one attached hydrogen (secondary N) is 1. The Balaban J connectivity index is 1.51. The Morgan fingerprint density at radius 2 is 2.17 bits per heavy atom. The molecule has 0 radical (unpaired) electrons. The number of ether oxygens (including phenoxy) is 1. The van der Waals surface area contributed by atoms with Crippen LogP contribution in [0.2, 0.25) is 5.02 Å². The molecule has 0 saturated heterocycles. The number of aryl methyl sites for hydroxylation is 1. The van der Waals surface area contributed by atoms with Gasteiger partial charge in [0.05, 0.1) is 5.92 Å². The number of benzene rings is 2. The highest BCUT2D eigenvalue weighted by molar-refractivity contribution is 6.30. The van der Waals surface area contributed by atoms with Crippen LogP contribution >= 0.6 is 11.6 Å². The first-order valence-corrected chi connectivity index (χ1v) is 8.05. The van der Waals surface area contributed by atoms with E-state index in [2.05, 4.69) is 10.3 Å². The second kappa shape index (κ2) is 5.83. The quantitative estimate of drug-likeness (QED) is 0.765. The number of amides is 1. The molecular formula is C18H15ClN2O3. The van der Waals surface area contributed by atoms with E-state index in [1.165, 1.54) is 0 Å². The summed E-state index contributed by atoms with van der Waals surface area (Å²) >= 11 is 6.02. The molecule has 1 atom stereocenters. The molecule has 4 rings (SSSR count). The summed E-state index contributed by atoms with van der Waals surface area (Å²) in [6.07, 6.45) is 0.604. The summed E-state index contributed by atoms with van der Waals surface area (Å²) in [5, 5.41) is 3.57. The van der Waals surface area contributed by atoms with E-state index >= 15 is 0 Å². The van der Waals surface area contributed by atoms with Gasteiger partial charge in [0.15, 0.2) is 11.5 Å². The molecular weight excluding hydrogens is 328 g/mol. The minimum atomic E-state index is -0.259. The van der Waals surface area contributed by atoms with Crippen molar-refractivity contribution >= 4 is 34.3 Å². The third kappa shape index (κ3) is 2.83. The van der Waals surface area contributed by atoms with Crippen LogP contribution < -0.4 is 10.1 Å². The topological polar surface area (TPSA) is 64.4 Å². The van der Waals surface area contributed by atoms with E-state index in [4.69, 9.17) is 20.8 Å². The number of oxazole rings is 1. The van der Waals surface area contributed by atoms with Crippen LogP contribution in [0.15, 0.2) is 40.8 Å². The molecule has 1 N–H and O–H groups in total. The minimum Gasteiger partial charge on any atom is -0.492 e. The molecule has 0 aliphatic carbocycles. The third-order valence-corrected chi connectivity index (χ3v) is 4.30. The molecule has 0 fully saturated rings. The molecule has 1 unspecified atom stereocenters. The molecule has 5 nitrogen and oxygen atoms in total. The maximum absolute atomic E-state index is 12.5. The number of fused-ring (bicyclic) bond motifs is 2. The summed E-state index contributed by atoms with van der Waals surface area (Å²) in [5.41, 5.74) is 3.08. The number of halogens is 1. The van der Waals surface area contributed by atoms with Gasteiger partial charge in [-0.05, 0) is 48.4 Å². The fourth-order valence-corrected chi connectivity index (χ4v) is 3.09. The first-order valence-electron chi connectivity index (χ1n) is 7.68. The predicted octanol–water partition coefficient (Wildman–Crippen LogP) is 3.98. The highest BCUT2D eigenvalue weighted by Crippen LogP contribution is 2.30. The van der Waals surface area contributed by atoms with Crippen molar-refractivity contribution in [2.45, 2.75) is 13.3 Å². The molecule has 2 aromatic carbocycles. The summed E-state index contributed by atoms with van der Waals surface area (Å²) < 4.78 is 11.1. The number of nitrogens with zero attached hydrogens (tertiary/aromatic N) is 1. The average molecular weight is 343 g/mol. The van der Waals surface area contributed by atoms with Gasteiger partial charge in [0.25, 0.3) is 0 Å². The number of carbonyl (C=O) groups excluding carboxylic acids is 1. The summed E-state index contributed by atoms with van der Waals surface area (Å²) in [6, 6.07) is 10.9. The fraction of sp³-hybridized carbons (Fsp3) is 0.222. The zero-order valence-corrected chi connectivity index (χ0v) is 13.8. The van der Waals surface area contributed by atoms with Crippen LogP contribution in [0.1, 0.15) is 11.5 Å². The van der Waals surface area contributed by atoms with E-state index in [9.17, 15) is 4.79 Å². The van der Waals surface area contributed by atoms with Gasteiger partial charge in [0.1, 0.15) is 17.9 Å². The number of hydrogen-bond donors (Lipinski definition) is 1. The van der Waals surface area contributed by atoms with Crippen LogP contribution in [-0.4, -0.2) is 17.5 Å². The van der Waals surface area contributed by atoms with Crippen molar-refractivity contribution in [3.05, 3.63) is 52.9 Å². The van der Waals surface area contributed by atoms with Gasteiger partial charge in [-0.2, -0.15) is 0 Å². The third-order valence-electron chi connectivity index (χ3n) is 4.06. The highest BCUT2D eigenvalue weighted by atomic mass is 35.5. The second-order valence-corrected chi connectivity index (χ2v) is 6.31. The molecule has 3 aromatic rings. The number of hydrogen-bond acceptors (Lipinski definition) is 4. The van der Waals surface area contributed by atoms with Gasteiger partial charge >= 0.3 is 0 Å². The van der Waals surface area contributed by atoms with Crippen molar-refractivity contribution in [3.8, 4) is 5.75 Å². The summed E-state index contributed by atoms with van der Waals surface area (Å²) in [5.74, 6) is 1.05. The number of anilines is 1. The number of rotatable bonds is 2. The molecule has 2 heterocycles. The van der Waals surface area contributed by atoms with Crippen molar-refractivity contribution in [2.75, 3.05) is 11.9 Å². The summed E-state index contributed by atoms with van der Waals surface area (Å²) in [4.78, 5) is 16.8. The van der Waals surface area contributed by atoms with Gasteiger partial charge in [0, 0.05) is 17.6 Å². The summed E-state index contributed by atoms with van der Waals surface area (Å²) in [6.45, 7) is 2.14. The van der Waals surface area contributed by atoms with Gasteiger partial charge < -0.3 is 14.5 Å². The monoisotopic (exact) mass is 342 g/mol. The van der Waals surface area contributed by atoms with E-state index in [0.717, 1.165) is 16.8 Å². The van der Waals surface area contributed by atoms with E-state index in [1.807, 2.05) is 12.1 Å². The zero-order chi connectivity index (χ0) is 16.7. The Bertz CT molecular complexity index is 935. The van der Waals surface area contributed by atoms with Crippen LogP contribution in [-0.2, 0) is 11.2 Å². The largest absolute Gasteiger partial charge is 0.492 e. The van der Waals surface area contributed by atoms with Crippen molar-refractivity contribution in [3.63, 3.8) is 0 Å². The van der Waals surface area contributed by atoms with Crippen molar-refractivity contribution in [1.29, 1.82) is 0 Å². The highest BCUT2D eigenvalue weighted by Gasteiger charge is 2.26. The molecule has 1 amide bonds. The second-order valence-electron chi connectivity index (χ2n) is 5.87. The van der Waals surface area contributed by atoms with Gasteiger partial charge in [-0.1, -0.05) is 11.6 Å². The van der Waals surface area contributed by atoms with Gasteiger partial charge in [-0.15, -0.1) is 0 Å². The molecule has 0 spiro atoms. The molecule has 6 heteroatoms. The first kappa shape index (κ1) is 15.0. The Morgan fingerprint density at radius 3 is 3.04 bits per heavy atom. The average Bonchev–Trinajstić information content (AvgIpc) is 2.93. The van der Waals surface area contributed by atoms with Crippen LogP contribution in [0.4, 0.5) is 5.69 Å². The normalized spacial score (nSPS) is 16.5. The minimum absolute atomic E-state index is 0.0832. The molecule has 1 aliphatic heterocycles. The predicted molar refractivity (Wildman–Crippen MR) is 91.5 cm³/mol. The Kier molecular flexibility index (Phi) is 3.65. The maximum atomic E-state index is 12.5. The lowest BCUT2D eigenvalue weighted by atomic mass is 9.96. The maximum Gasteiger partial charge on any atom is 0.231 e. The SMILES string of the molecule is Cc1nc2cc(NC(=O)C3COc4ccc(Cl)cc4C3)ccc2o1. The lowest BCUT2D eigenvalue weighted by Gasteiger charge is -2.24. The van der Waals surface area contributed by atoms with Gasteiger partial charge in [-0.25, -0.2) is 4.98 Å².